The Morgan fingerprint density at radius 3 is 2.64 bits per heavy atom. The molecule has 0 aliphatic rings. The fourth-order valence-electron chi connectivity index (χ4n) is 1.57. The van der Waals surface area contributed by atoms with Gasteiger partial charge in [-0.25, -0.2) is 0 Å². The van der Waals surface area contributed by atoms with Crippen LogP contribution in [0.15, 0.2) is 27.5 Å². The van der Waals surface area contributed by atoms with E-state index in [0.717, 1.165) is 26.6 Å². The van der Waals surface area contributed by atoms with Crippen molar-refractivity contribution in [2.75, 3.05) is 0 Å². The number of halogens is 1. The van der Waals surface area contributed by atoms with Gasteiger partial charge in [0, 0.05) is 21.6 Å². The Balaban J connectivity index is 3.02. The number of rotatable bonds is 0. The van der Waals surface area contributed by atoms with Crippen LogP contribution in [0, 0.1) is 13.8 Å². The number of benzene rings is 1. The summed E-state index contributed by atoms with van der Waals surface area (Å²) in [6, 6.07) is 5.52. The molecule has 0 aliphatic carbocycles. The van der Waals surface area contributed by atoms with Gasteiger partial charge in [0.2, 0.25) is 0 Å². The smallest absolute Gasteiger partial charge is 0.189 e. The number of aryl methyl sites for hydroxylation is 2. The number of fused-ring (bicyclic) bond motifs is 1. The van der Waals surface area contributed by atoms with Gasteiger partial charge in [-0.15, -0.1) is 0 Å². The lowest BCUT2D eigenvalue weighted by molar-refractivity contribution is 1.23. The molecule has 0 saturated heterocycles. The van der Waals surface area contributed by atoms with E-state index in [1.54, 1.807) is 6.07 Å². The van der Waals surface area contributed by atoms with E-state index in [2.05, 4.69) is 20.9 Å². The van der Waals surface area contributed by atoms with Gasteiger partial charge in [-0.2, -0.15) is 0 Å². The molecule has 0 amide bonds. The second-order valence-electron chi connectivity index (χ2n) is 3.49. The van der Waals surface area contributed by atoms with Gasteiger partial charge in [0.25, 0.3) is 0 Å². The highest BCUT2D eigenvalue weighted by Crippen LogP contribution is 2.21. The van der Waals surface area contributed by atoms with Crippen LogP contribution in [0.1, 0.15) is 11.3 Å². The van der Waals surface area contributed by atoms with E-state index < -0.39 is 0 Å². The Morgan fingerprint density at radius 1 is 1.21 bits per heavy atom. The molecule has 0 radical (unpaired) electrons. The number of aromatic amines is 1. The summed E-state index contributed by atoms with van der Waals surface area (Å²) in [7, 11) is 0. The average molecular weight is 252 g/mol. The summed E-state index contributed by atoms with van der Waals surface area (Å²) in [4.78, 5) is 14.8. The number of hydrogen-bond donors (Lipinski definition) is 1. The van der Waals surface area contributed by atoms with Crippen molar-refractivity contribution in [2.45, 2.75) is 13.8 Å². The molecule has 72 valence electrons. The van der Waals surface area contributed by atoms with Crippen LogP contribution in [-0.4, -0.2) is 4.98 Å². The molecule has 0 bridgehead atoms. The van der Waals surface area contributed by atoms with Crippen molar-refractivity contribution in [3.05, 3.63) is 44.2 Å². The van der Waals surface area contributed by atoms with Gasteiger partial charge in [0.15, 0.2) is 5.43 Å². The quantitative estimate of drug-likeness (QED) is 0.768. The SMILES string of the molecule is Cc1cc(Br)c2[nH]c(C)cc(=O)c2c1. The molecule has 2 nitrogen and oxygen atoms in total. The van der Waals surface area contributed by atoms with Crippen molar-refractivity contribution in [3.63, 3.8) is 0 Å². The lowest BCUT2D eigenvalue weighted by Crippen LogP contribution is -2.03. The van der Waals surface area contributed by atoms with Crippen molar-refractivity contribution >= 4 is 26.8 Å². The number of H-pyrrole nitrogens is 1. The van der Waals surface area contributed by atoms with E-state index in [-0.39, 0.29) is 5.43 Å². The van der Waals surface area contributed by atoms with Crippen LogP contribution >= 0.6 is 15.9 Å². The van der Waals surface area contributed by atoms with Crippen molar-refractivity contribution < 1.29 is 0 Å². The summed E-state index contributed by atoms with van der Waals surface area (Å²) in [6.45, 7) is 3.86. The van der Waals surface area contributed by atoms with Crippen LogP contribution in [0.4, 0.5) is 0 Å². The summed E-state index contributed by atoms with van der Waals surface area (Å²) in [5.41, 5.74) is 2.91. The summed E-state index contributed by atoms with van der Waals surface area (Å²) in [5, 5.41) is 0.738. The Labute approximate surface area is 90.1 Å². The first-order chi connectivity index (χ1) is 6.58. The Kier molecular flexibility index (Phi) is 2.19. The van der Waals surface area contributed by atoms with Gasteiger partial charge in [-0.1, -0.05) is 0 Å². The number of nitrogens with one attached hydrogen (secondary N) is 1. The normalized spacial score (nSPS) is 10.8. The second-order valence-corrected chi connectivity index (χ2v) is 4.34. The van der Waals surface area contributed by atoms with Crippen LogP contribution in [-0.2, 0) is 0 Å². The minimum absolute atomic E-state index is 0.0700. The number of hydrogen-bond acceptors (Lipinski definition) is 1. The van der Waals surface area contributed by atoms with Gasteiger partial charge < -0.3 is 4.98 Å². The monoisotopic (exact) mass is 251 g/mol. The fourth-order valence-corrected chi connectivity index (χ4v) is 2.25. The summed E-state index contributed by atoms with van der Waals surface area (Å²) >= 11 is 3.45. The first-order valence-corrected chi connectivity index (χ1v) is 5.17. The van der Waals surface area contributed by atoms with Crippen molar-refractivity contribution in [2.24, 2.45) is 0 Å². The minimum atomic E-state index is 0.0700. The van der Waals surface area contributed by atoms with Crippen molar-refractivity contribution in [1.29, 1.82) is 0 Å². The maximum Gasteiger partial charge on any atom is 0.189 e. The molecule has 0 saturated carbocycles. The molecule has 0 atom stereocenters. The predicted octanol–water partition coefficient (Wildman–Crippen LogP) is 2.91. The second kappa shape index (κ2) is 3.24. The average Bonchev–Trinajstić information content (AvgIpc) is 2.07. The number of pyridine rings is 1. The molecule has 1 heterocycles. The zero-order chi connectivity index (χ0) is 10.3. The lowest BCUT2D eigenvalue weighted by Gasteiger charge is -2.03. The van der Waals surface area contributed by atoms with Gasteiger partial charge >= 0.3 is 0 Å². The third-order valence-corrected chi connectivity index (χ3v) is 2.80. The Bertz CT molecular complexity index is 557. The molecule has 0 fully saturated rings. The third-order valence-electron chi connectivity index (χ3n) is 2.17. The van der Waals surface area contributed by atoms with Gasteiger partial charge in [0.1, 0.15) is 0 Å². The van der Waals surface area contributed by atoms with Gasteiger partial charge in [-0.3, -0.25) is 4.79 Å². The zero-order valence-electron chi connectivity index (χ0n) is 8.02. The fraction of sp³-hybridized carbons (Fsp3) is 0.182. The minimum Gasteiger partial charge on any atom is -0.358 e. The first kappa shape index (κ1) is 9.46. The van der Waals surface area contributed by atoms with E-state index in [1.165, 1.54) is 0 Å². The maximum atomic E-state index is 11.7. The van der Waals surface area contributed by atoms with Crippen LogP contribution in [0.5, 0.6) is 0 Å². The predicted molar refractivity (Wildman–Crippen MR) is 61.7 cm³/mol. The standard InChI is InChI=1S/C11H10BrNO/c1-6-3-8-10(14)5-7(2)13-11(8)9(12)4-6/h3-5H,1-2H3,(H,13,14). The molecule has 14 heavy (non-hydrogen) atoms. The molecule has 2 aromatic rings. The number of aromatic nitrogens is 1. The highest BCUT2D eigenvalue weighted by molar-refractivity contribution is 9.10. The van der Waals surface area contributed by atoms with Crippen LogP contribution in [0.2, 0.25) is 0 Å². The van der Waals surface area contributed by atoms with Crippen LogP contribution < -0.4 is 5.43 Å². The van der Waals surface area contributed by atoms with Crippen molar-refractivity contribution in [3.8, 4) is 0 Å². The maximum absolute atomic E-state index is 11.7. The third kappa shape index (κ3) is 1.48. The lowest BCUT2D eigenvalue weighted by atomic mass is 10.1. The molecule has 1 aromatic heterocycles. The molecule has 0 aliphatic heterocycles. The van der Waals surface area contributed by atoms with E-state index in [0.29, 0.717) is 0 Å². The van der Waals surface area contributed by atoms with E-state index in [1.807, 2.05) is 26.0 Å². The van der Waals surface area contributed by atoms with E-state index >= 15 is 0 Å². The molecule has 3 heteroatoms. The zero-order valence-corrected chi connectivity index (χ0v) is 9.60. The molecule has 1 aromatic carbocycles. The first-order valence-electron chi connectivity index (χ1n) is 4.38. The molecule has 0 spiro atoms. The Hall–Kier alpha value is -1.09. The summed E-state index contributed by atoms with van der Waals surface area (Å²) in [5.74, 6) is 0. The highest BCUT2D eigenvalue weighted by Gasteiger charge is 2.04. The van der Waals surface area contributed by atoms with Crippen molar-refractivity contribution in [1.82, 2.24) is 4.98 Å². The molecule has 2 rings (SSSR count). The largest absolute Gasteiger partial charge is 0.358 e. The molecule has 0 unspecified atom stereocenters. The molecular formula is C11H10BrNO. The van der Waals surface area contributed by atoms with E-state index in [4.69, 9.17) is 0 Å². The van der Waals surface area contributed by atoms with Gasteiger partial charge in [-0.05, 0) is 47.5 Å². The Morgan fingerprint density at radius 2 is 1.93 bits per heavy atom. The highest BCUT2D eigenvalue weighted by atomic mass is 79.9. The summed E-state index contributed by atoms with van der Waals surface area (Å²) < 4.78 is 0.938. The van der Waals surface area contributed by atoms with Gasteiger partial charge in [0.05, 0.1) is 5.52 Å². The van der Waals surface area contributed by atoms with Crippen LogP contribution in [0.3, 0.4) is 0 Å². The summed E-state index contributed by atoms with van der Waals surface area (Å²) in [6.07, 6.45) is 0. The topological polar surface area (TPSA) is 32.9 Å². The molecule has 1 N–H and O–H groups in total. The van der Waals surface area contributed by atoms with E-state index in [9.17, 15) is 4.79 Å². The van der Waals surface area contributed by atoms with Crippen LogP contribution in [0.25, 0.3) is 10.9 Å². The molecular weight excluding hydrogens is 242 g/mol.